The first-order valence-corrected chi connectivity index (χ1v) is 10.2. The number of ether oxygens (including phenoxy) is 1. The topological polar surface area (TPSA) is 67.6 Å². The van der Waals surface area contributed by atoms with Gasteiger partial charge in [-0.25, -0.2) is 0 Å². The first kappa shape index (κ1) is 17.9. The molecule has 2 unspecified atom stereocenters. The lowest BCUT2D eigenvalue weighted by atomic mass is 9.77. The second kappa shape index (κ2) is 7.28. The maximum Gasteiger partial charge on any atom is 0.255 e. The van der Waals surface area contributed by atoms with Gasteiger partial charge in [-0.1, -0.05) is 24.4 Å². The number of carbonyl (C=O) groups is 1. The average Bonchev–Trinajstić information content (AvgIpc) is 2.64. The van der Waals surface area contributed by atoms with E-state index in [1.807, 2.05) is 0 Å². The van der Waals surface area contributed by atoms with E-state index in [2.05, 4.69) is 10.2 Å². The van der Waals surface area contributed by atoms with Gasteiger partial charge in [-0.3, -0.25) is 9.69 Å². The summed E-state index contributed by atoms with van der Waals surface area (Å²) in [5, 5.41) is 3.63. The fourth-order valence-electron chi connectivity index (χ4n) is 5.34. The molecule has 0 radical (unpaired) electrons. The van der Waals surface area contributed by atoms with E-state index in [4.69, 9.17) is 22.1 Å². The molecule has 4 atom stereocenters. The van der Waals surface area contributed by atoms with Gasteiger partial charge in [-0.05, 0) is 44.6 Å². The van der Waals surface area contributed by atoms with Gasteiger partial charge in [0.05, 0.1) is 23.4 Å². The number of piperidine rings is 3. The molecule has 0 aromatic heterocycles. The Labute approximate surface area is 160 Å². The second-order valence-corrected chi connectivity index (χ2v) is 8.39. The molecular weight excluding hydrogens is 350 g/mol. The molecule has 0 bridgehead atoms. The molecular formula is C20H28ClN3O2. The third-order valence-corrected chi connectivity index (χ3v) is 6.75. The highest BCUT2D eigenvalue weighted by Gasteiger charge is 2.43. The Balaban J connectivity index is 1.49. The Morgan fingerprint density at radius 3 is 2.38 bits per heavy atom. The molecule has 1 aromatic carbocycles. The maximum absolute atomic E-state index is 12.9. The Kier molecular flexibility index (Phi) is 5.02. The Hall–Kier alpha value is -1.46. The molecule has 3 N–H and O–H groups in total. The van der Waals surface area contributed by atoms with Crippen molar-refractivity contribution in [3.05, 3.63) is 22.7 Å². The van der Waals surface area contributed by atoms with Gasteiger partial charge in [0, 0.05) is 30.2 Å². The van der Waals surface area contributed by atoms with Crippen LogP contribution in [0.15, 0.2) is 12.1 Å². The van der Waals surface area contributed by atoms with Crippen LogP contribution >= 0.6 is 11.6 Å². The molecule has 1 amide bonds. The highest BCUT2D eigenvalue weighted by molar-refractivity contribution is 6.33. The first-order chi connectivity index (χ1) is 12.6. The molecule has 3 aliphatic heterocycles. The van der Waals surface area contributed by atoms with E-state index in [9.17, 15) is 4.79 Å². The third kappa shape index (κ3) is 3.27. The van der Waals surface area contributed by atoms with E-state index < -0.39 is 0 Å². The van der Waals surface area contributed by atoms with Crippen LogP contribution in [-0.4, -0.2) is 42.1 Å². The van der Waals surface area contributed by atoms with Crippen molar-refractivity contribution >= 4 is 23.2 Å². The molecule has 1 aromatic rings. The number of halogens is 1. The minimum absolute atomic E-state index is 0.120. The molecule has 26 heavy (non-hydrogen) atoms. The van der Waals surface area contributed by atoms with Crippen LogP contribution in [0.4, 0.5) is 5.69 Å². The predicted octanol–water partition coefficient (Wildman–Crippen LogP) is 3.60. The van der Waals surface area contributed by atoms with Crippen molar-refractivity contribution in [2.24, 2.45) is 0 Å². The lowest BCUT2D eigenvalue weighted by Gasteiger charge is -2.54. The summed E-state index contributed by atoms with van der Waals surface area (Å²) < 4.78 is 5.34. The lowest BCUT2D eigenvalue weighted by Crippen LogP contribution is -2.61. The number of hydrogen-bond donors (Lipinski definition) is 2. The van der Waals surface area contributed by atoms with Crippen LogP contribution in [-0.2, 0) is 0 Å². The Morgan fingerprint density at radius 1 is 1.15 bits per heavy atom. The molecule has 0 aliphatic carbocycles. The van der Waals surface area contributed by atoms with Gasteiger partial charge in [0.1, 0.15) is 5.75 Å². The Bertz CT molecular complexity index is 676. The highest BCUT2D eigenvalue weighted by atomic mass is 35.5. The first-order valence-electron chi connectivity index (χ1n) is 9.78. The molecule has 6 heteroatoms. The zero-order valence-corrected chi connectivity index (χ0v) is 16.1. The zero-order chi connectivity index (χ0) is 18.3. The lowest BCUT2D eigenvalue weighted by molar-refractivity contribution is -0.0347. The smallest absolute Gasteiger partial charge is 0.255 e. The fraction of sp³-hybridized carbons (Fsp3) is 0.650. The van der Waals surface area contributed by atoms with Gasteiger partial charge in [-0.2, -0.15) is 0 Å². The number of anilines is 1. The molecule has 4 rings (SSSR count). The standard InChI is InChI=1S/C20H28ClN3O2/c1-26-19-11-18(22)17(21)10-16(19)20(25)23-12-8-14-6-2-4-13-5-3-7-15(9-12)24(13)14/h10-15H,2-9,22H2,1H3,(H,23,25)/t12?,13?,14-,15+. The molecule has 3 aliphatic rings. The monoisotopic (exact) mass is 377 g/mol. The van der Waals surface area contributed by atoms with Crippen LogP contribution in [0.25, 0.3) is 0 Å². The normalized spacial score (nSPS) is 31.2. The number of nitrogens with one attached hydrogen (secondary N) is 1. The van der Waals surface area contributed by atoms with Crippen LogP contribution in [0.2, 0.25) is 5.02 Å². The van der Waals surface area contributed by atoms with Crippen molar-refractivity contribution in [2.75, 3.05) is 12.8 Å². The van der Waals surface area contributed by atoms with Crippen LogP contribution in [0.5, 0.6) is 5.75 Å². The van der Waals surface area contributed by atoms with Crippen LogP contribution in [0.3, 0.4) is 0 Å². The number of rotatable bonds is 3. The Morgan fingerprint density at radius 2 is 1.77 bits per heavy atom. The fourth-order valence-corrected chi connectivity index (χ4v) is 5.51. The minimum atomic E-state index is -0.120. The summed E-state index contributed by atoms with van der Waals surface area (Å²) in [7, 11) is 1.54. The van der Waals surface area contributed by atoms with Crippen molar-refractivity contribution in [1.82, 2.24) is 10.2 Å². The van der Waals surface area contributed by atoms with Gasteiger partial charge in [0.25, 0.3) is 5.91 Å². The molecule has 3 fully saturated rings. The van der Waals surface area contributed by atoms with Crippen molar-refractivity contribution < 1.29 is 9.53 Å². The summed E-state index contributed by atoms with van der Waals surface area (Å²) >= 11 is 6.12. The van der Waals surface area contributed by atoms with E-state index in [0.717, 1.165) is 18.9 Å². The summed E-state index contributed by atoms with van der Waals surface area (Å²) in [4.78, 5) is 15.7. The van der Waals surface area contributed by atoms with Crippen molar-refractivity contribution in [3.8, 4) is 5.75 Å². The van der Waals surface area contributed by atoms with E-state index in [1.54, 1.807) is 19.2 Å². The number of amides is 1. The number of benzene rings is 1. The second-order valence-electron chi connectivity index (χ2n) is 7.99. The van der Waals surface area contributed by atoms with E-state index >= 15 is 0 Å². The van der Waals surface area contributed by atoms with Crippen LogP contribution in [0.1, 0.15) is 61.7 Å². The SMILES string of the molecule is COc1cc(N)c(Cl)cc1C(=O)NC1C[C@H]2CCCC3CCC[C@@H](C1)N32. The highest BCUT2D eigenvalue weighted by Crippen LogP contribution is 2.40. The van der Waals surface area contributed by atoms with Gasteiger partial charge in [0.2, 0.25) is 0 Å². The van der Waals surface area contributed by atoms with Gasteiger partial charge in [-0.15, -0.1) is 0 Å². The number of hydrogen-bond acceptors (Lipinski definition) is 4. The molecule has 5 nitrogen and oxygen atoms in total. The van der Waals surface area contributed by atoms with Crippen LogP contribution < -0.4 is 15.8 Å². The summed E-state index contributed by atoms with van der Waals surface area (Å²) in [6, 6.07) is 5.46. The van der Waals surface area contributed by atoms with Gasteiger partial charge < -0.3 is 15.8 Å². The molecule has 3 heterocycles. The van der Waals surface area contributed by atoms with Crippen molar-refractivity contribution in [2.45, 2.75) is 75.5 Å². The molecule has 142 valence electrons. The summed E-state index contributed by atoms with van der Waals surface area (Å²) in [6.07, 6.45) is 9.96. The minimum Gasteiger partial charge on any atom is -0.496 e. The van der Waals surface area contributed by atoms with E-state index in [0.29, 0.717) is 34.1 Å². The largest absolute Gasteiger partial charge is 0.496 e. The zero-order valence-electron chi connectivity index (χ0n) is 15.3. The maximum atomic E-state index is 12.9. The summed E-state index contributed by atoms with van der Waals surface area (Å²) in [5.74, 6) is 0.350. The number of nitrogens with two attached hydrogens (primary N) is 1. The van der Waals surface area contributed by atoms with E-state index in [1.165, 1.54) is 38.5 Å². The van der Waals surface area contributed by atoms with Crippen molar-refractivity contribution in [1.29, 1.82) is 0 Å². The van der Waals surface area contributed by atoms with Gasteiger partial charge in [0.15, 0.2) is 0 Å². The molecule has 3 saturated heterocycles. The van der Waals surface area contributed by atoms with Crippen LogP contribution in [0, 0.1) is 0 Å². The number of nitrogens with zero attached hydrogens (tertiary/aromatic N) is 1. The summed E-state index contributed by atoms with van der Waals surface area (Å²) in [6.45, 7) is 0. The van der Waals surface area contributed by atoms with Crippen molar-refractivity contribution in [3.63, 3.8) is 0 Å². The summed E-state index contributed by atoms with van der Waals surface area (Å²) in [5.41, 5.74) is 6.71. The van der Waals surface area contributed by atoms with E-state index in [-0.39, 0.29) is 11.9 Å². The number of carbonyl (C=O) groups excluding carboxylic acids is 1. The quantitative estimate of drug-likeness (QED) is 0.790. The number of methoxy groups -OCH3 is 1. The molecule has 0 spiro atoms. The average molecular weight is 378 g/mol. The predicted molar refractivity (Wildman–Crippen MR) is 104 cm³/mol. The molecule has 0 saturated carbocycles. The van der Waals surface area contributed by atoms with Gasteiger partial charge >= 0.3 is 0 Å². The number of nitrogen functional groups attached to an aromatic ring is 1. The third-order valence-electron chi connectivity index (χ3n) is 6.43.